The highest BCUT2D eigenvalue weighted by Gasteiger charge is 2.18. The van der Waals surface area contributed by atoms with Crippen LogP contribution in [0.2, 0.25) is 0 Å². The number of benzene rings is 6. The summed E-state index contributed by atoms with van der Waals surface area (Å²) >= 11 is 0. The van der Waals surface area contributed by atoms with Crippen molar-refractivity contribution in [3.8, 4) is 16.8 Å². The van der Waals surface area contributed by atoms with Gasteiger partial charge in [-0.05, 0) is 70.4 Å². The molecule has 0 saturated carbocycles. The molecule has 0 fully saturated rings. The van der Waals surface area contributed by atoms with Crippen molar-refractivity contribution < 1.29 is 0 Å². The number of nitrogens with zero attached hydrogens (tertiary/aromatic N) is 1. The first-order valence-corrected chi connectivity index (χ1v) is 11.7. The Balaban J connectivity index is 1.48. The minimum absolute atomic E-state index is 1.18. The maximum absolute atomic E-state index is 3.55. The quantitative estimate of drug-likeness (QED) is 0.264. The van der Waals surface area contributed by atoms with Crippen LogP contribution in [0.3, 0.4) is 0 Å². The van der Waals surface area contributed by atoms with Crippen molar-refractivity contribution in [3.63, 3.8) is 0 Å². The van der Waals surface area contributed by atoms with Gasteiger partial charge < -0.3 is 9.55 Å². The van der Waals surface area contributed by atoms with Crippen molar-refractivity contribution in [3.05, 3.63) is 115 Å². The lowest BCUT2D eigenvalue weighted by atomic mass is 9.96. The van der Waals surface area contributed by atoms with Gasteiger partial charge in [-0.25, -0.2) is 0 Å². The molecule has 0 atom stereocenters. The second-order valence-electron chi connectivity index (χ2n) is 9.14. The predicted octanol–water partition coefficient (Wildman–Crippen LogP) is 8.68. The van der Waals surface area contributed by atoms with E-state index in [1.54, 1.807) is 0 Å². The van der Waals surface area contributed by atoms with E-state index in [9.17, 15) is 0 Å². The normalized spacial score (nSPS) is 12.1. The van der Waals surface area contributed by atoms with Gasteiger partial charge in [-0.1, -0.05) is 66.7 Å². The summed E-state index contributed by atoms with van der Waals surface area (Å²) in [5, 5.41) is 7.79. The third-order valence-electron chi connectivity index (χ3n) is 7.25. The first-order chi connectivity index (χ1) is 16.8. The van der Waals surface area contributed by atoms with Gasteiger partial charge in [0, 0.05) is 38.3 Å². The number of hydrogen-bond donors (Lipinski definition) is 1. The van der Waals surface area contributed by atoms with Crippen LogP contribution in [0.1, 0.15) is 0 Å². The number of nitrogens with one attached hydrogen (secondary N) is 1. The minimum atomic E-state index is 1.18. The molecule has 0 bridgehead atoms. The molecule has 1 N–H and O–H groups in total. The third kappa shape index (κ3) is 2.35. The highest BCUT2D eigenvalue weighted by molar-refractivity contribution is 6.25. The number of aromatic amines is 1. The predicted molar refractivity (Wildman–Crippen MR) is 144 cm³/mol. The second kappa shape index (κ2) is 6.49. The van der Waals surface area contributed by atoms with Crippen molar-refractivity contribution in [2.75, 3.05) is 0 Å². The molecule has 6 aromatic carbocycles. The zero-order chi connectivity index (χ0) is 22.2. The van der Waals surface area contributed by atoms with E-state index < -0.39 is 0 Å². The molecular formula is C32H20N2. The number of hydrogen-bond acceptors (Lipinski definition) is 0. The molecule has 0 aliphatic heterocycles. The fourth-order valence-electron chi connectivity index (χ4n) is 5.74. The Labute approximate surface area is 196 Å². The smallest absolute Gasteiger partial charge is 0.0553 e. The van der Waals surface area contributed by atoms with E-state index in [1.165, 1.54) is 71.2 Å². The molecule has 8 rings (SSSR count). The van der Waals surface area contributed by atoms with E-state index in [1.807, 2.05) is 0 Å². The first-order valence-electron chi connectivity index (χ1n) is 11.7. The largest absolute Gasteiger partial charge is 0.355 e. The fourth-order valence-corrected chi connectivity index (χ4v) is 5.74. The summed E-state index contributed by atoms with van der Waals surface area (Å²) in [6, 6.07) is 41.9. The average Bonchev–Trinajstić information content (AvgIpc) is 3.44. The van der Waals surface area contributed by atoms with Gasteiger partial charge in [-0.15, -0.1) is 0 Å². The number of rotatable bonds is 2. The molecule has 158 valence electrons. The van der Waals surface area contributed by atoms with Crippen molar-refractivity contribution in [1.82, 2.24) is 9.55 Å². The number of para-hydroxylation sites is 2. The molecule has 2 heteroatoms. The van der Waals surface area contributed by atoms with Crippen LogP contribution in [0, 0.1) is 0 Å². The standard InChI is InChI=1S/C32H20N2/c1-2-8-24(9-3-1)34-29-12-6-7-20-13-14-22-17-23(19-30(34)32(22)31(20)29)21-15-16-28-26(18-21)25-10-4-5-11-27(25)33-28/h1-19,33H. The van der Waals surface area contributed by atoms with Crippen LogP contribution < -0.4 is 0 Å². The molecule has 0 aliphatic rings. The fraction of sp³-hybridized carbons (Fsp3) is 0. The summed E-state index contributed by atoms with van der Waals surface area (Å²) in [5.74, 6) is 0. The van der Waals surface area contributed by atoms with Gasteiger partial charge in [0.2, 0.25) is 0 Å². The minimum Gasteiger partial charge on any atom is -0.355 e. The number of H-pyrrole nitrogens is 1. The lowest BCUT2D eigenvalue weighted by Gasteiger charge is -2.10. The molecule has 8 aromatic rings. The molecule has 0 saturated heterocycles. The van der Waals surface area contributed by atoms with E-state index in [2.05, 4.69) is 125 Å². The van der Waals surface area contributed by atoms with Crippen molar-refractivity contribution in [2.24, 2.45) is 0 Å². The molecule has 0 unspecified atom stereocenters. The van der Waals surface area contributed by atoms with Crippen LogP contribution in [0.25, 0.3) is 71.2 Å². The van der Waals surface area contributed by atoms with Crippen LogP contribution in [-0.2, 0) is 0 Å². The Morgan fingerprint density at radius 2 is 1.26 bits per heavy atom. The second-order valence-corrected chi connectivity index (χ2v) is 9.14. The first kappa shape index (κ1) is 17.9. The van der Waals surface area contributed by atoms with Crippen molar-refractivity contribution in [1.29, 1.82) is 0 Å². The average molecular weight is 433 g/mol. The zero-order valence-corrected chi connectivity index (χ0v) is 18.4. The Morgan fingerprint density at radius 3 is 2.21 bits per heavy atom. The lowest BCUT2D eigenvalue weighted by Crippen LogP contribution is -1.93. The maximum Gasteiger partial charge on any atom is 0.0553 e. The van der Waals surface area contributed by atoms with Crippen LogP contribution in [0.5, 0.6) is 0 Å². The highest BCUT2D eigenvalue weighted by atomic mass is 15.0. The molecule has 0 spiro atoms. The summed E-state index contributed by atoms with van der Waals surface area (Å²) in [4.78, 5) is 3.55. The summed E-state index contributed by atoms with van der Waals surface area (Å²) in [7, 11) is 0. The van der Waals surface area contributed by atoms with Crippen LogP contribution in [0.15, 0.2) is 115 Å². The monoisotopic (exact) mass is 432 g/mol. The maximum atomic E-state index is 3.55. The van der Waals surface area contributed by atoms with Crippen LogP contribution in [-0.4, -0.2) is 9.55 Å². The SMILES string of the molecule is c1ccc(-n2c3cccc4ccc5cc(-c6ccc7[nH]c8ccccc8c7c6)cc2c5c43)cc1. The topological polar surface area (TPSA) is 20.7 Å². The molecular weight excluding hydrogens is 412 g/mol. The Kier molecular flexibility index (Phi) is 3.42. The Bertz CT molecular complexity index is 2000. The molecule has 2 aromatic heterocycles. The number of fused-ring (bicyclic) bond motifs is 3. The summed E-state index contributed by atoms with van der Waals surface area (Å²) < 4.78 is 2.42. The van der Waals surface area contributed by atoms with Gasteiger partial charge in [-0.3, -0.25) is 0 Å². The number of aromatic nitrogens is 2. The molecule has 0 radical (unpaired) electrons. The van der Waals surface area contributed by atoms with E-state index in [-0.39, 0.29) is 0 Å². The van der Waals surface area contributed by atoms with Crippen molar-refractivity contribution >= 4 is 54.4 Å². The molecule has 2 heterocycles. The molecule has 2 nitrogen and oxygen atoms in total. The van der Waals surface area contributed by atoms with Gasteiger partial charge >= 0.3 is 0 Å². The molecule has 0 aliphatic carbocycles. The van der Waals surface area contributed by atoms with Gasteiger partial charge in [0.15, 0.2) is 0 Å². The van der Waals surface area contributed by atoms with Crippen molar-refractivity contribution in [2.45, 2.75) is 0 Å². The summed E-state index contributed by atoms with van der Waals surface area (Å²) in [5.41, 5.74) is 8.53. The summed E-state index contributed by atoms with van der Waals surface area (Å²) in [6.45, 7) is 0. The molecule has 34 heavy (non-hydrogen) atoms. The van der Waals surface area contributed by atoms with Gasteiger partial charge in [0.25, 0.3) is 0 Å². The van der Waals surface area contributed by atoms with E-state index in [0.29, 0.717) is 0 Å². The lowest BCUT2D eigenvalue weighted by molar-refractivity contribution is 1.18. The van der Waals surface area contributed by atoms with Crippen LogP contribution in [0.4, 0.5) is 0 Å². The third-order valence-corrected chi connectivity index (χ3v) is 7.25. The van der Waals surface area contributed by atoms with E-state index in [4.69, 9.17) is 0 Å². The summed E-state index contributed by atoms with van der Waals surface area (Å²) in [6.07, 6.45) is 0. The molecule has 0 amide bonds. The van der Waals surface area contributed by atoms with E-state index >= 15 is 0 Å². The van der Waals surface area contributed by atoms with E-state index in [0.717, 1.165) is 0 Å². The van der Waals surface area contributed by atoms with Crippen LogP contribution >= 0.6 is 0 Å². The Morgan fingerprint density at radius 1 is 0.471 bits per heavy atom. The zero-order valence-electron chi connectivity index (χ0n) is 18.4. The van der Waals surface area contributed by atoms with Gasteiger partial charge in [0.05, 0.1) is 11.0 Å². The highest BCUT2D eigenvalue weighted by Crippen LogP contribution is 2.41. The van der Waals surface area contributed by atoms with Gasteiger partial charge in [0.1, 0.15) is 0 Å². The van der Waals surface area contributed by atoms with Gasteiger partial charge in [-0.2, -0.15) is 0 Å². The Hall–Kier alpha value is -4.56.